The average Bonchev–Trinajstić information content (AvgIpc) is 2.87. The molecule has 0 spiro atoms. The van der Waals surface area contributed by atoms with Crippen LogP contribution in [0.3, 0.4) is 0 Å². The quantitative estimate of drug-likeness (QED) is 0.781. The van der Waals surface area contributed by atoms with E-state index in [1.165, 1.54) is 0 Å². The summed E-state index contributed by atoms with van der Waals surface area (Å²) < 4.78 is 5.12. The molecule has 0 aliphatic rings. The molecule has 0 fully saturated rings. The summed E-state index contributed by atoms with van der Waals surface area (Å²) in [5.41, 5.74) is 1.37. The van der Waals surface area contributed by atoms with Crippen LogP contribution < -0.4 is 0 Å². The molecule has 1 aromatic carbocycles. The number of halogens is 1. The lowest BCUT2D eigenvalue weighted by Gasteiger charge is -1.96. The van der Waals surface area contributed by atoms with Gasteiger partial charge in [0.15, 0.2) is 5.82 Å². The summed E-state index contributed by atoms with van der Waals surface area (Å²) >= 11 is 6.01. The van der Waals surface area contributed by atoms with Crippen LogP contribution in [0, 0.1) is 11.3 Å². The van der Waals surface area contributed by atoms with Crippen molar-refractivity contribution in [2.45, 2.75) is 18.7 Å². The zero-order chi connectivity index (χ0) is 12.3. The third-order valence-electron chi connectivity index (χ3n) is 2.34. The topological polar surface area (TPSA) is 62.7 Å². The smallest absolute Gasteiger partial charge is 0.257 e. The number of hydrogen-bond donors (Lipinski definition) is 0. The fraction of sp³-hybridized carbons (Fsp3) is 0.250. The van der Waals surface area contributed by atoms with Crippen LogP contribution in [0.25, 0.3) is 11.5 Å². The Kier molecular flexibility index (Phi) is 3.40. The van der Waals surface area contributed by atoms with Gasteiger partial charge in [0.1, 0.15) is 0 Å². The summed E-state index contributed by atoms with van der Waals surface area (Å²) in [7, 11) is 0. The second-order valence-corrected chi connectivity index (χ2v) is 4.05. The first-order chi connectivity index (χ1) is 8.24. The van der Waals surface area contributed by atoms with Crippen molar-refractivity contribution in [3.63, 3.8) is 0 Å². The average molecular weight is 248 g/mol. The van der Waals surface area contributed by atoms with Gasteiger partial charge in [-0.05, 0) is 30.7 Å². The van der Waals surface area contributed by atoms with Gasteiger partial charge in [0.05, 0.1) is 17.0 Å². The number of hydrogen-bond acceptors (Lipinski definition) is 4. The molecule has 0 N–H and O–H groups in total. The molecule has 0 aliphatic heterocycles. The minimum Gasteiger partial charge on any atom is -0.334 e. The third kappa shape index (κ3) is 2.45. The summed E-state index contributed by atoms with van der Waals surface area (Å²) in [5, 5.41) is 12.3. The highest BCUT2D eigenvalue weighted by molar-refractivity contribution is 6.20. The van der Waals surface area contributed by atoms with Crippen molar-refractivity contribution in [2.24, 2.45) is 0 Å². The van der Waals surface area contributed by atoms with E-state index in [-0.39, 0.29) is 5.38 Å². The molecular weight excluding hydrogens is 238 g/mol. The summed E-state index contributed by atoms with van der Waals surface area (Å²) in [4.78, 5) is 4.21. The van der Waals surface area contributed by atoms with Gasteiger partial charge in [-0.2, -0.15) is 10.2 Å². The standard InChI is InChI=1S/C12H10ClN3O/c1-2-10(13)11-15-12(17-16-11)9-5-3-8(7-14)4-6-9/h3-6,10H,2H2,1H3. The Morgan fingerprint density at radius 3 is 2.71 bits per heavy atom. The molecule has 17 heavy (non-hydrogen) atoms. The Morgan fingerprint density at radius 2 is 2.12 bits per heavy atom. The minimum absolute atomic E-state index is 0.231. The van der Waals surface area contributed by atoms with E-state index in [2.05, 4.69) is 16.2 Å². The van der Waals surface area contributed by atoms with Crippen LogP contribution in [0.2, 0.25) is 0 Å². The summed E-state index contributed by atoms with van der Waals surface area (Å²) in [5.74, 6) is 0.914. The molecule has 0 saturated carbocycles. The number of alkyl halides is 1. The second kappa shape index (κ2) is 4.98. The first-order valence-corrected chi connectivity index (χ1v) is 5.66. The van der Waals surface area contributed by atoms with E-state index in [1.54, 1.807) is 24.3 Å². The van der Waals surface area contributed by atoms with Crippen molar-refractivity contribution >= 4 is 11.6 Å². The van der Waals surface area contributed by atoms with Crippen molar-refractivity contribution in [1.29, 1.82) is 5.26 Å². The summed E-state index contributed by atoms with van der Waals surface area (Å²) in [6.45, 7) is 1.95. The monoisotopic (exact) mass is 247 g/mol. The molecule has 1 heterocycles. The number of rotatable bonds is 3. The Balaban J connectivity index is 2.28. The molecule has 0 bridgehead atoms. The molecule has 2 rings (SSSR count). The van der Waals surface area contributed by atoms with Gasteiger partial charge in [-0.25, -0.2) is 0 Å². The normalized spacial score (nSPS) is 12.1. The van der Waals surface area contributed by atoms with Gasteiger partial charge in [0.25, 0.3) is 5.89 Å². The fourth-order valence-corrected chi connectivity index (χ4v) is 1.44. The van der Waals surface area contributed by atoms with Crippen LogP contribution in [-0.2, 0) is 0 Å². The molecule has 1 atom stereocenters. The molecule has 0 amide bonds. The SMILES string of the molecule is CCC(Cl)c1noc(-c2ccc(C#N)cc2)n1. The Morgan fingerprint density at radius 1 is 1.41 bits per heavy atom. The predicted octanol–water partition coefficient (Wildman–Crippen LogP) is 3.30. The maximum atomic E-state index is 8.69. The van der Waals surface area contributed by atoms with Gasteiger partial charge in [-0.15, -0.1) is 11.6 Å². The van der Waals surface area contributed by atoms with Crippen LogP contribution in [0.5, 0.6) is 0 Å². The summed E-state index contributed by atoms with van der Waals surface area (Å²) in [6, 6.07) is 9.00. The zero-order valence-electron chi connectivity index (χ0n) is 9.22. The molecule has 2 aromatic rings. The Labute approximate surface area is 104 Å². The molecule has 4 nitrogen and oxygen atoms in total. The predicted molar refractivity (Wildman–Crippen MR) is 63.3 cm³/mol. The van der Waals surface area contributed by atoms with E-state index in [9.17, 15) is 0 Å². The Bertz CT molecular complexity index is 542. The molecule has 0 aliphatic carbocycles. The van der Waals surface area contributed by atoms with Gasteiger partial charge in [0.2, 0.25) is 0 Å². The van der Waals surface area contributed by atoms with Crippen LogP contribution in [0.1, 0.15) is 30.1 Å². The molecule has 1 unspecified atom stereocenters. The van der Waals surface area contributed by atoms with Gasteiger partial charge < -0.3 is 4.52 Å². The molecule has 5 heteroatoms. The highest BCUT2D eigenvalue weighted by Crippen LogP contribution is 2.24. The first-order valence-electron chi connectivity index (χ1n) is 5.22. The van der Waals surface area contributed by atoms with Crippen molar-refractivity contribution < 1.29 is 4.52 Å². The van der Waals surface area contributed by atoms with Crippen LogP contribution >= 0.6 is 11.6 Å². The number of benzene rings is 1. The lowest BCUT2D eigenvalue weighted by atomic mass is 10.1. The van der Waals surface area contributed by atoms with E-state index in [1.807, 2.05) is 6.92 Å². The van der Waals surface area contributed by atoms with Crippen LogP contribution in [0.4, 0.5) is 0 Å². The van der Waals surface area contributed by atoms with E-state index >= 15 is 0 Å². The molecular formula is C12H10ClN3O. The van der Waals surface area contributed by atoms with E-state index in [4.69, 9.17) is 21.4 Å². The van der Waals surface area contributed by atoms with Crippen LogP contribution in [-0.4, -0.2) is 10.1 Å². The van der Waals surface area contributed by atoms with Crippen molar-refractivity contribution in [3.8, 4) is 17.5 Å². The van der Waals surface area contributed by atoms with Crippen LogP contribution in [0.15, 0.2) is 28.8 Å². The van der Waals surface area contributed by atoms with Crippen molar-refractivity contribution in [1.82, 2.24) is 10.1 Å². The second-order valence-electron chi connectivity index (χ2n) is 3.52. The van der Waals surface area contributed by atoms with Crippen molar-refractivity contribution in [3.05, 3.63) is 35.7 Å². The van der Waals surface area contributed by atoms with Gasteiger partial charge in [-0.1, -0.05) is 12.1 Å². The van der Waals surface area contributed by atoms with E-state index in [0.717, 1.165) is 12.0 Å². The molecule has 0 radical (unpaired) electrons. The van der Waals surface area contributed by atoms with E-state index in [0.29, 0.717) is 17.3 Å². The highest BCUT2D eigenvalue weighted by Gasteiger charge is 2.14. The lowest BCUT2D eigenvalue weighted by molar-refractivity contribution is 0.421. The fourth-order valence-electron chi connectivity index (χ4n) is 1.35. The minimum atomic E-state index is -0.231. The molecule has 1 aromatic heterocycles. The number of nitrogens with zero attached hydrogens (tertiary/aromatic N) is 3. The van der Waals surface area contributed by atoms with Gasteiger partial charge in [-0.3, -0.25) is 0 Å². The summed E-state index contributed by atoms with van der Waals surface area (Å²) in [6.07, 6.45) is 0.744. The van der Waals surface area contributed by atoms with E-state index < -0.39 is 0 Å². The highest BCUT2D eigenvalue weighted by atomic mass is 35.5. The largest absolute Gasteiger partial charge is 0.334 e. The molecule has 86 valence electrons. The lowest BCUT2D eigenvalue weighted by Crippen LogP contribution is -1.90. The van der Waals surface area contributed by atoms with Crippen molar-refractivity contribution in [2.75, 3.05) is 0 Å². The third-order valence-corrected chi connectivity index (χ3v) is 2.85. The van der Waals surface area contributed by atoms with Gasteiger partial charge >= 0.3 is 0 Å². The maximum Gasteiger partial charge on any atom is 0.257 e. The maximum absolute atomic E-state index is 8.69. The first kappa shape index (κ1) is 11.6. The number of nitriles is 1. The number of aromatic nitrogens is 2. The van der Waals surface area contributed by atoms with Gasteiger partial charge in [0, 0.05) is 5.56 Å². The molecule has 0 saturated heterocycles. The Hall–Kier alpha value is -1.86. The zero-order valence-corrected chi connectivity index (χ0v) is 9.98.